The van der Waals surface area contributed by atoms with Gasteiger partial charge in [-0.1, -0.05) is 0 Å². The standard InChI is InChI=1S/C18H27NO2/c1-18(2)13-15(11-12-20-18)19-14-7-9-17(10-8-14)21-16-5-3-4-6-16/h7-10,15-16,19H,3-6,11-13H2,1-2H3. The Kier molecular flexibility index (Phi) is 4.39. The second-order valence-electron chi connectivity index (χ2n) is 6.99. The van der Waals surface area contributed by atoms with E-state index in [1.807, 2.05) is 0 Å². The zero-order valence-electron chi connectivity index (χ0n) is 13.2. The van der Waals surface area contributed by atoms with E-state index in [2.05, 4.69) is 43.4 Å². The van der Waals surface area contributed by atoms with Gasteiger partial charge in [0.25, 0.3) is 0 Å². The highest BCUT2D eigenvalue weighted by Crippen LogP contribution is 2.28. The summed E-state index contributed by atoms with van der Waals surface area (Å²) in [5.74, 6) is 1.000. The minimum Gasteiger partial charge on any atom is -0.490 e. The minimum absolute atomic E-state index is 0.0125. The molecule has 1 aromatic rings. The second kappa shape index (κ2) is 6.27. The molecule has 0 bridgehead atoms. The predicted molar refractivity (Wildman–Crippen MR) is 86.0 cm³/mol. The Balaban J connectivity index is 1.54. The molecule has 0 spiro atoms. The van der Waals surface area contributed by atoms with Crippen molar-refractivity contribution in [2.24, 2.45) is 0 Å². The number of nitrogens with one attached hydrogen (secondary N) is 1. The average molecular weight is 289 g/mol. The molecule has 1 aliphatic carbocycles. The summed E-state index contributed by atoms with van der Waals surface area (Å²) in [5.41, 5.74) is 1.16. The van der Waals surface area contributed by atoms with Crippen LogP contribution in [0.25, 0.3) is 0 Å². The third-order valence-electron chi connectivity index (χ3n) is 4.53. The molecule has 1 unspecified atom stereocenters. The highest BCUT2D eigenvalue weighted by atomic mass is 16.5. The van der Waals surface area contributed by atoms with E-state index in [9.17, 15) is 0 Å². The Labute approximate surface area is 128 Å². The second-order valence-corrected chi connectivity index (χ2v) is 6.99. The lowest BCUT2D eigenvalue weighted by atomic mass is 9.94. The van der Waals surface area contributed by atoms with Crippen molar-refractivity contribution in [3.63, 3.8) is 0 Å². The van der Waals surface area contributed by atoms with Crippen molar-refractivity contribution in [1.82, 2.24) is 0 Å². The normalized spacial score (nSPS) is 25.7. The Bertz CT molecular complexity index is 449. The van der Waals surface area contributed by atoms with E-state index in [1.54, 1.807) is 0 Å². The average Bonchev–Trinajstić information content (AvgIpc) is 2.93. The minimum atomic E-state index is -0.0125. The van der Waals surface area contributed by atoms with E-state index in [0.717, 1.165) is 25.2 Å². The number of rotatable bonds is 4. The van der Waals surface area contributed by atoms with Gasteiger partial charge in [0.05, 0.1) is 11.7 Å². The fraction of sp³-hybridized carbons (Fsp3) is 0.667. The zero-order valence-corrected chi connectivity index (χ0v) is 13.2. The molecular formula is C18H27NO2. The van der Waals surface area contributed by atoms with E-state index in [4.69, 9.17) is 9.47 Å². The van der Waals surface area contributed by atoms with Gasteiger partial charge in [0, 0.05) is 18.3 Å². The van der Waals surface area contributed by atoms with Gasteiger partial charge in [-0.05, 0) is 76.6 Å². The molecule has 3 nitrogen and oxygen atoms in total. The Hall–Kier alpha value is -1.22. The van der Waals surface area contributed by atoms with Crippen molar-refractivity contribution >= 4 is 5.69 Å². The first-order valence-electron chi connectivity index (χ1n) is 8.28. The largest absolute Gasteiger partial charge is 0.490 e. The fourth-order valence-electron chi connectivity index (χ4n) is 3.42. The van der Waals surface area contributed by atoms with E-state index in [0.29, 0.717) is 12.1 Å². The van der Waals surface area contributed by atoms with Crippen LogP contribution in [0, 0.1) is 0 Å². The first-order valence-corrected chi connectivity index (χ1v) is 8.28. The highest BCUT2D eigenvalue weighted by molar-refractivity contribution is 5.47. The third-order valence-corrected chi connectivity index (χ3v) is 4.53. The van der Waals surface area contributed by atoms with Crippen LogP contribution in [-0.2, 0) is 4.74 Å². The summed E-state index contributed by atoms with van der Waals surface area (Å²) in [6.45, 7) is 5.17. The summed E-state index contributed by atoms with van der Waals surface area (Å²) in [6.07, 6.45) is 7.58. The first-order chi connectivity index (χ1) is 10.1. The van der Waals surface area contributed by atoms with Crippen LogP contribution in [0.5, 0.6) is 5.75 Å². The smallest absolute Gasteiger partial charge is 0.119 e. The van der Waals surface area contributed by atoms with E-state index in [-0.39, 0.29) is 5.60 Å². The van der Waals surface area contributed by atoms with Crippen LogP contribution in [0.2, 0.25) is 0 Å². The van der Waals surface area contributed by atoms with Crippen molar-refractivity contribution < 1.29 is 9.47 Å². The van der Waals surface area contributed by atoms with Crippen LogP contribution in [0.1, 0.15) is 52.4 Å². The van der Waals surface area contributed by atoms with Crippen molar-refractivity contribution in [2.45, 2.75) is 70.1 Å². The quantitative estimate of drug-likeness (QED) is 0.892. The number of hydrogen-bond acceptors (Lipinski definition) is 3. The number of benzene rings is 1. The van der Waals surface area contributed by atoms with Crippen molar-refractivity contribution in [2.75, 3.05) is 11.9 Å². The van der Waals surface area contributed by atoms with Gasteiger partial charge in [0.2, 0.25) is 0 Å². The number of hydrogen-bond donors (Lipinski definition) is 1. The SMILES string of the molecule is CC1(C)CC(Nc2ccc(OC3CCCC3)cc2)CCO1. The maximum Gasteiger partial charge on any atom is 0.119 e. The van der Waals surface area contributed by atoms with Crippen molar-refractivity contribution in [3.05, 3.63) is 24.3 Å². The Morgan fingerprint density at radius 1 is 1.10 bits per heavy atom. The molecule has 3 heteroatoms. The zero-order chi connectivity index (χ0) is 14.7. The van der Waals surface area contributed by atoms with Gasteiger partial charge in [-0.3, -0.25) is 0 Å². The maximum absolute atomic E-state index is 6.01. The third kappa shape index (κ3) is 4.13. The Morgan fingerprint density at radius 3 is 2.48 bits per heavy atom. The summed E-state index contributed by atoms with van der Waals surface area (Å²) < 4.78 is 11.8. The molecule has 1 aliphatic heterocycles. The van der Waals surface area contributed by atoms with Crippen LogP contribution in [0.4, 0.5) is 5.69 Å². The molecular weight excluding hydrogens is 262 g/mol. The molecule has 21 heavy (non-hydrogen) atoms. The summed E-state index contributed by atoms with van der Waals surface area (Å²) >= 11 is 0. The molecule has 1 heterocycles. The van der Waals surface area contributed by atoms with Gasteiger partial charge in [-0.15, -0.1) is 0 Å². The Morgan fingerprint density at radius 2 is 1.81 bits per heavy atom. The fourth-order valence-corrected chi connectivity index (χ4v) is 3.42. The van der Waals surface area contributed by atoms with Gasteiger partial charge in [-0.2, -0.15) is 0 Å². The molecule has 3 rings (SSSR count). The van der Waals surface area contributed by atoms with E-state index >= 15 is 0 Å². The molecule has 2 fully saturated rings. The van der Waals surface area contributed by atoms with Gasteiger partial charge in [-0.25, -0.2) is 0 Å². The van der Waals surface area contributed by atoms with Crippen molar-refractivity contribution in [1.29, 1.82) is 0 Å². The molecule has 1 aromatic carbocycles. The molecule has 2 aliphatic rings. The number of ether oxygens (including phenoxy) is 2. The molecule has 1 N–H and O–H groups in total. The summed E-state index contributed by atoms with van der Waals surface area (Å²) in [5, 5.41) is 3.62. The van der Waals surface area contributed by atoms with Crippen LogP contribution in [0.15, 0.2) is 24.3 Å². The number of anilines is 1. The van der Waals surface area contributed by atoms with Crippen LogP contribution >= 0.6 is 0 Å². The van der Waals surface area contributed by atoms with Crippen LogP contribution in [0.3, 0.4) is 0 Å². The monoisotopic (exact) mass is 289 g/mol. The molecule has 0 amide bonds. The topological polar surface area (TPSA) is 30.5 Å². The lowest BCUT2D eigenvalue weighted by Gasteiger charge is -2.36. The molecule has 0 radical (unpaired) electrons. The lowest BCUT2D eigenvalue weighted by molar-refractivity contribution is -0.0553. The highest BCUT2D eigenvalue weighted by Gasteiger charge is 2.28. The molecule has 1 saturated heterocycles. The summed E-state index contributed by atoms with van der Waals surface area (Å²) in [6, 6.07) is 8.94. The molecule has 0 aromatic heterocycles. The van der Waals surface area contributed by atoms with Crippen molar-refractivity contribution in [3.8, 4) is 5.75 Å². The van der Waals surface area contributed by atoms with E-state index < -0.39 is 0 Å². The lowest BCUT2D eigenvalue weighted by Crippen LogP contribution is -2.40. The van der Waals surface area contributed by atoms with Gasteiger partial charge in [0.15, 0.2) is 0 Å². The van der Waals surface area contributed by atoms with Crippen LogP contribution < -0.4 is 10.1 Å². The van der Waals surface area contributed by atoms with Crippen LogP contribution in [-0.4, -0.2) is 24.4 Å². The van der Waals surface area contributed by atoms with Gasteiger partial charge < -0.3 is 14.8 Å². The maximum atomic E-state index is 6.01. The molecule has 1 saturated carbocycles. The molecule has 116 valence electrons. The summed E-state index contributed by atoms with van der Waals surface area (Å²) in [7, 11) is 0. The van der Waals surface area contributed by atoms with Gasteiger partial charge >= 0.3 is 0 Å². The first kappa shape index (κ1) is 14.7. The summed E-state index contributed by atoms with van der Waals surface area (Å²) in [4.78, 5) is 0. The van der Waals surface area contributed by atoms with Gasteiger partial charge in [0.1, 0.15) is 5.75 Å². The predicted octanol–water partition coefficient (Wildman–Crippen LogP) is 4.38. The molecule has 1 atom stereocenters. The van der Waals surface area contributed by atoms with E-state index in [1.165, 1.54) is 31.4 Å².